The Labute approximate surface area is 85.7 Å². The highest BCUT2D eigenvalue weighted by atomic mass is 14.9. The van der Waals surface area contributed by atoms with E-state index in [0.717, 1.165) is 11.8 Å². The van der Waals surface area contributed by atoms with Gasteiger partial charge in [-0.15, -0.1) is 0 Å². The summed E-state index contributed by atoms with van der Waals surface area (Å²) in [6.07, 6.45) is 6.33. The van der Waals surface area contributed by atoms with Gasteiger partial charge >= 0.3 is 0 Å². The summed E-state index contributed by atoms with van der Waals surface area (Å²) in [7, 11) is 0. The Morgan fingerprint density at radius 1 is 1.57 bits per heavy atom. The Balaban J connectivity index is 1.96. The number of rotatable bonds is 2. The van der Waals surface area contributed by atoms with E-state index in [1.165, 1.54) is 31.5 Å². The zero-order valence-corrected chi connectivity index (χ0v) is 8.74. The van der Waals surface area contributed by atoms with Gasteiger partial charge < -0.3 is 5.32 Å². The Bertz CT molecular complexity index is 271. The molecule has 2 rings (SSSR count). The average Bonchev–Trinajstić information content (AvgIpc) is 2.23. The molecule has 2 unspecified atom stereocenters. The van der Waals surface area contributed by atoms with E-state index in [0.29, 0.717) is 0 Å². The molecule has 1 aromatic rings. The monoisotopic (exact) mass is 190 g/mol. The van der Waals surface area contributed by atoms with Crippen LogP contribution in [0.15, 0.2) is 24.5 Å². The summed E-state index contributed by atoms with van der Waals surface area (Å²) >= 11 is 0. The molecule has 0 amide bonds. The highest BCUT2D eigenvalue weighted by molar-refractivity contribution is 5.09. The molecule has 1 aromatic heterocycles. The third-order valence-corrected chi connectivity index (χ3v) is 3.18. The van der Waals surface area contributed by atoms with Gasteiger partial charge in [0, 0.05) is 12.4 Å². The second-order valence-corrected chi connectivity index (χ2v) is 4.30. The molecule has 1 fully saturated rings. The van der Waals surface area contributed by atoms with Crippen molar-refractivity contribution >= 4 is 0 Å². The lowest BCUT2D eigenvalue weighted by molar-refractivity contribution is 0.272. The van der Waals surface area contributed by atoms with E-state index >= 15 is 0 Å². The largest absolute Gasteiger partial charge is 0.316 e. The molecule has 1 saturated heterocycles. The number of nitrogens with zero attached hydrogens (tertiary/aromatic N) is 1. The molecule has 2 heterocycles. The van der Waals surface area contributed by atoms with E-state index in [-0.39, 0.29) is 0 Å². The number of nitrogens with one attached hydrogen (secondary N) is 1. The van der Waals surface area contributed by atoms with Crippen molar-refractivity contribution in [3.8, 4) is 0 Å². The minimum absolute atomic E-state index is 0.795. The van der Waals surface area contributed by atoms with Gasteiger partial charge in [-0.25, -0.2) is 0 Å². The Morgan fingerprint density at radius 2 is 2.50 bits per heavy atom. The molecule has 0 aromatic carbocycles. The van der Waals surface area contributed by atoms with Crippen molar-refractivity contribution in [2.45, 2.75) is 19.8 Å². The summed E-state index contributed by atoms with van der Waals surface area (Å²) in [4.78, 5) is 4.16. The van der Waals surface area contributed by atoms with Gasteiger partial charge in [-0.2, -0.15) is 0 Å². The Morgan fingerprint density at radius 3 is 3.21 bits per heavy atom. The molecule has 76 valence electrons. The maximum atomic E-state index is 4.16. The summed E-state index contributed by atoms with van der Waals surface area (Å²) in [5, 5.41) is 3.43. The lowest BCUT2D eigenvalue weighted by Crippen LogP contribution is -2.35. The van der Waals surface area contributed by atoms with Crippen molar-refractivity contribution in [2.75, 3.05) is 13.1 Å². The summed E-state index contributed by atoms with van der Waals surface area (Å²) in [5.74, 6) is 1.63. The first-order valence-corrected chi connectivity index (χ1v) is 5.46. The standard InChI is InChI=1S/C12H18N2/c1-10-8-14-6-4-12(10)7-11-3-2-5-13-9-11/h2-3,5,9-10,12,14H,4,6-8H2,1H3. The smallest absolute Gasteiger partial charge is 0.0299 e. The normalized spacial score (nSPS) is 27.5. The number of aromatic nitrogens is 1. The van der Waals surface area contributed by atoms with E-state index in [1.54, 1.807) is 0 Å². The van der Waals surface area contributed by atoms with Crippen LogP contribution in [-0.4, -0.2) is 18.1 Å². The molecular formula is C12H18N2. The van der Waals surface area contributed by atoms with Gasteiger partial charge in [0.05, 0.1) is 0 Å². The predicted octanol–water partition coefficient (Wildman–Crippen LogP) is 1.87. The fourth-order valence-electron chi connectivity index (χ4n) is 2.19. The molecule has 2 heteroatoms. The molecular weight excluding hydrogens is 172 g/mol. The number of hydrogen-bond acceptors (Lipinski definition) is 2. The second kappa shape index (κ2) is 4.56. The van der Waals surface area contributed by atoms with E-state index in [4.69, 9.17) is 0 Å². The average molecular weight is 190 g/mol. The number of pyridine rings is 1. The van der Waals surface area contributed by atoms with Gasteiger partial charge in [0.15, 0.2) is 0 Å². The van der Waals surface area contributed by atoms with Crippen LogP contribution in [-0.2, 0) is 6.42 Å². The highest BCUT2D eigenvalue weighted by Crippen LogP contribution is 2.22. The minimum Gasteiger partial charge on any atom is -0.316 e. The van der Waals surface area contributed by atoms with Crippen molar-refractivity contribution in [3.63, 3.8) is 0 Å². The second-order valence-electron chi connectivity index (χ2n) is 4.30. The highest BCUT2D eigenvalue weighted by Gasteiger charge is 2.20. The Kier molecular flexibility index (Phi) is 3.14. The van der Waals surface area contributed by atoms with Gasteiger partial charge in [0.1, 0.15) is 0 Å². The first-order valence-electron chi connectivity index (χ1n) is 5.46. The van der Waals surface area contributed by atoms with Crippen molar-refractivity contribution in [2.24, 2.45) is 11.8 Å². The van der Waals surface area contributed by atoms with Crippen molar-refractivity contribution in [1.29, 1.82) is 0 Å². The van der Waals surface area contributed by atoms with Crippen LogP contribution >= 0.6 is 0 Å². The van der Waals surface area contributed by atoms with Gasteiger partial charge in [-0.1, -0.05) is 13.0 Å². The molecule has 0 spiro atoms. The van der Waals surface area contributed by atoms with E-state index in [2.05, 4.69) is 23.3 Å². The molecule has 1 N–H and O–H groups in total. The van der Waals surface area contributed by atoms with Crippen LogP contribution in [0.3, 0.4) is 0 Å². The van der Waals surface area contributed by atoms with Crippen LogP contribution in [0.25, 0.3) is 0 Å². The first kappa shape index (κ1) is 9.66. The SMILES string of the molecule is CC1CNCCC1Cc1cccnc1. The quantitative estimate of drug-likeness (QED) is 0.770. The van der Waals surface area contributed by atoms with E-state index in [9.17, 15) is 0 Å². The molecule has 2 atom stereocenters. The van der Waals surface area contributed by atoms with E-state index < -0.39 is 0 Å². The molecule has 0 aliphatic carbocycles. The first-order chi connectivity index (χ1) is 6.86. The summed E-state index contributed by atoms with van der Waals surface area (Å²) in [6, 6.07) is 4.21. The van der Waals surface area contributed by atoms with Gasteiger partial charge in [-0.05, 0) is 49.4 Å². The molecule has 0 radical (unpaired) electrons. The third-order valence-electron chi connectivity index (χ3n) is 3.18. The van der Waals surface area contributed by atoms with Crippen LogP contribution in [0.5, 0.6) is 0 Å². The van der Waals surface area contributed by atoms with Crippen LogP contribution < -0.4 is 5.32 Å². The lowest BCUT2D eigenvalue weighted by Gasteiger charge is -2.29. The number of hydrogen-bond donors (Lipinski definition) is 1. The zero-order valence-electron chi connectivity index (χ0n) is 8.74. The maximum absolute atomic E-state index is 4.16. The molecule has 14 heavy (non-hydrogen) atoms. The molecule has 0 saturated carbocycles. The molecule has 0 bridgehead atoms. The van der Waals surface area contributed by atoms with Crippen LogP contribution in [0, 0.1) is 11.8 Å². The molecule has 2 nitrogen and oxygen atoms in total. The van der Waals surface area contributed by atoms with E-state index in [1.807, 2.05) is 18.5 Å². The topological polar surface area (TPSA) is 24.9 Å². The van der Waals surface area contributed by atoms with Crippen molar-refractivity contribution in [3.05, 3.63) is 30.1 Å². The third kappa shape index (κ3) is 2.32. The summed E-state index contributed by atoms with van der Waals surface area (Å²) < 4.78 is 0. The summed E-state index contributed by atoms with van der Waals surface area (Å²) in [6.45, 7) is 4.69. The van der Waals surface area contributed by atoms with Crippen LogP contribution in [0.2, 0.25) is 0 Å². The fraction of sp³-hybridized carbons (Fsp3) is 0.583. The van der Waals surface area contributed by atoms with Crippen LogP contribution in [0.1, 0.15) is 18.9 Å². The van der Waals surface area contributed by atoms with Crippen molar-refractivity contribution < 1.29 is 0 Å². The fourth-order valence-corrected chi connectivity index (χ4v) is 2.19. The molecule has 1 aliphatic rings. The minimum atomic E-state index is 0.795. The van der Waals surface area contributed by atoms with Gasteiger partial charge in [0.25, 0.3) is 0 Å². The lowest BCUT2D eigenvalue weighted by atomic mass is 9.83. The number of piperidine rings is 1. The van der Waals surface area contributed by atoms with Gasteiger partial charge in [-0.3, -0.25) is 4.98 Å². The summed E-state index contributed by atoms with van der Waals surface area (Å²) in [5.41, 5.74) is 1.38. The van der Waals surface area contributed by atoms with Gasteiger partial charge in [0.2, 0.25) is 0 Å². The van der Waals surface area contributed by atoms with Crippen LogP contribution in [0.4, 0.5) is 0 Å². The van der Waals surface area contributed by atoms with Crippen molar-refractivity contribution in [1.82, 2.24) is 10.3 Å². The predicted molar refractivity (Wildman–Crippen MR) is 58.1 cm³/mol. The molecule has 1 aliphatic heterocycles. The maximum Gasteiger partial charge on any atom is 0.0299 e. The zero-order chi connectivity index (χ0) is 9.80. The Hall–Kier alpha value is -0.890.